The standard InChI is InChI=1S/C25H27NO4/c1-27-21-8-6-17(14-24(21)29-3)20(10-11-26)18-7-9-22(28-2)25(15-18)30-23-13-16-4-5-19(23)12-16/h6-10,14-16,19,23H,4-5,12-13H2,1-3H3. The number of nitrogens with zero attached hydrogens (tertiary/aromatic N) is 1. The number of ether oxygens (including phenoxy) is 4. The van der Waals surface area contributed by atoms with Crippen molar-refractivity contribution in [2.45, 2.75) is 31.8 Å². The molecule has 5 nitrogen and oxygen atoms in total. The Hall–Kier alpha value is -3.13. The fourth-order valence-corrected chi connectivity index (χ4v) is 4.83. The Kier molecular flexibility index (Phi) is 5.85. The molecule has 0 aliphatic heterocycles. The molecule has 0 radical (unpaired) electrons. The van der Waals surface area contributed by atoms with E-state index in [4.69, 9.17) is 18.9 Å². The number of hydrogen-bond donors (Lipinski definition) is 0. The Morgan fingerprint density at radius 2 is 1.50 bits per heavy atom. The van der Waals surface area contributed by atoms with E-state index in [0.29, 0.717) is 23.2 Å². The first-order chi connectivity index (χ1) is 14.7. The molecule has 2 aliphatic carbocycles. The summed E-state index contributed by atoms with van der Waals surface area (Å²) in [5, 5.41) is 9.42. The van der Waals surface area contributed by atoms with Gasteiger partial charge < -0.3 is 18.9 Å². The number of rotatable bonds is 7. The minimum Gasteiger partial charge on any atom is -0.493 e. The number of benzene rings is 2. The molecule has 0 spiro atoms. The molecule has 2 fully saturated rings. The van der Waals surface area contributed by atoms with Crippen LogP contribution in [-0.2, 0) is 0 Å². The maximum Gasteiger partial charge on any atom is 0.162 e. The van der Waals surface area contributed by atoms with Crippen molar-refractivity contribution in [3.05, 3.63) is 53.6 Å². The van der Waals surface area contributed by atoms with Crippen LogP contribution in [-0.4, -0.2) is 27.4 Å². The Bertz CT molecular complexity index is 991. The molecule has 2 aliphatic rings. The first-order valence-corrected chi connectivity index (χ1v) is 10.3. The normalized spacial score (nSPS) is 22.5. The third-order valence-electron chi connectivity index (χ3n) is 6.33. The lowest BCUT2D eigenvalue weighted by Crippen LogP contribution is -2.23. The Balaban J connectivity index is 1.69. The quantitative estimate of drug-likeness (QED) is 0.590. The van der Waals surface area contributed by atoms with Crippen LogP contribution in [0.4, 0.5) is 0 Å². The summed E-state index contributed by atoms with van der Waals surface area (Å²) < 4.78 is 22.8. The molecule has 0 heterocycles. The topological polar surface area (TPSA) is 60.7 Å². The zero-order chi connectivity index (χ0) is 21.1. The third-order valence-corrected chi connectivity index (χ3v) is 6.33. The van der Waals surface area contributed by atoms with Crippen molar-refractivity contribution >= 4 is 5.57 Å². The molecule has 3 atom stereocenters. The van der Waals surface area contributed by atoms with Crippen LogP contribution in [0.15, 0.2) is 42.5 Å². The van der Waals surface area contributed by atoms with Crippen LogP contribution in [0.5, 0.6) is 23.0 Å². The zero-order valence-electron chi connectivity index (χ0n) is 17.7. The summed E-state index contributed by atoms with van der Waals surface area (Å²) in [5.41, 5.74) is 2.55. The van der Waals surface area contributed by atoms with Crippen molar-refractivity contribution in [3.8, 4) is 29.1 Å². The molecule has 3 unspecified atom stereocenters. The summed E-state index contributed by atoms with van der Waals surface area (Å²) in [7, 11) is 4.86. The van der Waals surface area contributed by atoms with E-state index >= 15 is 0 Å². The summed E-state index contributed by atoms with van der Waals surface area (Å²) in [6, 6.07) is 13.6. The molecule has 5 heteroatoms. The monoisotopic (exact) mass is 405 g/mol. The van der Waals surface area contributed by atoms with E-state index in [1.54, 1.807) is 27.4 Å². The van der Waals surface area contributed by atoms with E-state index in [1.807, 2.05) is 36.4 Å². The lowest BCUT2D eigenvalue weighted by molar-refractivity contribution is 0.133. The summed E-state index contributed by atoms with van der Waals surface area (Å²) in [4.78, 5) is 0. The molecular weight excluding hydrogens is 378 g/mol. The summed E-state index contributed by atoms with van der Waals surface area (Å²) in [5.74, 6) is 4.15. The fourth-order valence-electron chi connectivity index (χ4n) is 4.83. The van der Waals surface area contributed by atoms with Crippen LogP contribution in [0.3, 0.4) is 0 Å². The van der Waals surface area contributed by atoms with Gasteiger partial charge in [-0.1, -0.05) is 12.1 Å². The highest BCUT2D eigenvalue weighted by Crippen LogP contribution is 2.47. The summed E-state index contributed by atoms with van der Waals surface area (Å²) in [6.07, 6.45) is 6.77. The number of fused-ring (bicyclic) bond motifs is 2. The second-order valence-corrected chi connectivity index (χ2v) is 7.95. The number of nitriles is 1. The second-order valence-electron chi connectivity index (χ2n) is 7.95. The van der Waals surface area contributed by atoms with E-state index in [2.05, 4.69) is 6.07 Å². The van der Waals surface area contributed by atoms with Crippen LogP contribution >= 0.6 is 0 Å². The number of hydrogen-bond acceptors (Lipinski definition) is 5. The van der Waals surface area contributed by atoms with Gasteiger partial charge in [0.1, 0.15) is 6.10 Å². The number of methoxy groups -OCH3 is 3. The molecule has 2 aromatic carbocycles. The Labute approximate surface area is 177 Å². The van der Waals surface area contributed by atoms with E-state index < -0.39 is 0 Å². The van der Waals surface area contributed by atoms with Crippen LogP contribution in [0.2, 0.25) is 0 Å². The van der Waals surface area contributed by atoms with Crippen LogP contribution < -0.4 is 18.9 Å². The van der Waals surface area contributed by atoms with Gasteiger partial charge in [0.25, 0.3) is 0 Å². The molecule has 30 heavy (non-hydrogen) atoms. The van der Waals surface area contributed by atoms with Gasteiger partial charge in [0.15, 0.2) is 23.0 Å². The van der Waals surface area contributed by atoms with Gasteiger partial charge in [-0.25, -0.2) is 0 Å². The molecular formula is C25H27NO4. The second kappa shape index (κ2) is 8.71. The van der Waals surface area contributed by atoms with Gasteiger partial charge in [0, 0.05) is 6.08 Å². The van der Waals surface area contributed by atoms with E-state index in [1.165, 1.54) is 19.3 Å². The maximum atomic E-state index is 9.42. The fraction of sp³-hybridized carbons (Fsp3) is 0.400. The minimum atomic E-state index is 0.248. The zero-order valence-corrected chi connectivity index (χ0v) is 17.7. The van der Waals surface area contributed by atoms with Crippen molar-refractivity contribution in [2.75, 3.05) is 21.3 Å². The lowest BCUT2D eigenvalue weighted by Gasteiger charge is -2.24. The SMILES string of the molecule is COc1ccc(C(=CC#N)c2ccc(OC)c(OC3CC4CCC3C4)c2)cc1OC. The summed E-state index contributed by atoms with van der Waals surface area (Å²) >= 11 is 0. The van der Waals surface area contributed by atoms with Gasteiger partial charge in [-0.2, -0.15) is 5.26 Å². The van der Waals surface area contributed by atoms with Crippen molar-refractivity contribution in [1.29, 1.82) is 5.26 Å². The largest absolute Gasteiger partial charge is 0.493 e. The molecule has 2 bridgehead atoms. The highest BCUT2D eigenvalue weighted by atomic mass is 16.5. The molecule has 0 saturated heterocycles. The first kappa shape index (κ1) is 20.2. The smallest absolute Gasteiger partial charge is 0.162 e. The highest BCUT2D eigenvalue weighted by Gasteiger charge is 2.41. The predicted octanol–water partition coefficient (Wildman–Crippen LogP) is 5.24. The van der Waals surface area contributed by atoms with Gasteiger partial charge >= 0.3 is 0 Å². The van der Waals surface area contributed by atoms with Crippen molar-refractivity contribution in [1.82, 2.24) is 0 Å². The van der Waals surface area contributed by atoms with E-state index in [-0.39, 0.29) is 6.10 Å². The van der Waals surface area contributed by atoms with Gasteiger partial charge in [-0.05, 0) is 78.5 Å². The maximum absolute atomic E-state index is 9.42. The molecule has 0 aromatic heterocycles. The Morgan fingerprint density at radius 3 is 2.03 bits per heavy atom. The molecule has 156 valence electrons. The van der Waals surface area contributed by atoms with E-state index in [0.717, 1.165) is 34.8 Å². The van der Waals surface area contributed by atoms with Crippen molar-refractivity contribution in [3.63, 3.8) is 0 Å². The molecule has 0 amide bonds. The van der Waals surface area contributed by atoms with E-state index in [9.17, 15) is 5.26 Å². The van der Waals surface area contributed by atoms with Crippen LogP contribution in [0.25, 0.3) is 5.57 Å². The van der Waals surface area contributed by atoms with Gasteiger partial charge in [-0.15, -0.1) is 0 Å². The minimum absolute atomic E-state index is 0.248. The Morgan fingerprint density at radius 1 is 0.867 bits per heavy atom. The third kappa shape index (κ3) is 3.82. The van der Waals surface area contributed by atoms with Gasteiger partial charge in [-0.3, -0.25) is 0 Å². The molecule has 2 saturated carbocycles. The van der Waals surface area contributed by atoms with Crippen LogP contribution in [0, 0.1) is 23.2 Å². The predicted molar refractivity (Wildman–Crippen MR) is 115 cm³/mol. The average molecular weight is 405 g/mol. The van der Waals surface area contributed by atoms with Crippen molar-refractivity contribution < 1.29 is 18.9 Å². The van der Waals surface area contributed by atoms with Gasteiger partial charge in [0.2, 0.25) is 0 Å². The lowest BCUT2D eigenvalue weighted by atomic mass is 9.96. The van der Waals surface area contributed by atoms with Crippen molar-refractivity contribution in [2.24, 2.45) is 11.8 Å². The average Bonchev–Trinajstić information content (AvgIpc) is 3.40. The number of allylic oxidation sites excluding steroid dienone is 1. The van der Waals surface area contributed by atoms with Crippen LogP contribution in [0.1, 0.15) is 36.8 Å². The molecule has 4 rings (SSSR count). The highest BCUT2D eigenvalue weighted by molar-refractivity contribution is 5.83. The molecule has 0 N–H and O–H groups in total. The first-order valence-electron chi connectivity index (χ1n) is 10.3. The van der Waals surface area contributed by atoms with Gasteiger partial charge in [0.05, 0.1) is 27.4 Å². The molecule has 2 aromatic rings. The summed E-state index contributed by atoms with van der Waals surface area (Å²) in [6.45, 7) is 0.